The van der Waals surface area contributed by atoms with Crippen molar-refractivity contribution in [3.05, 3.63) is 142 Å². The van der Waals surface area contributed by atoms with Crippen molar-refractivity contribution in [2.24, 2.45) is 0 Å². The third-order valence-electron chi connectivity index (χ3n) is 7.63. The minimum absolute atomic E-state index is 0.0602. The summed E-state index contributed by atoms with van der Waals surface area (Å²) < 4.78 is 9.36. The number of ketones is 3. The van der Waals surface area contributed by atoms with Gasteiger partial charge in [-0.3, -0.25) is 14.4 Å². The zero-order valence-corrected chi connectivity index (χ0v) is 42.3. The molecule has 7 rings (SSSR count). The van der Waals surface area contributed by atoms with Crippen molar-refractivity contribution >= 4 is 143 Å². The van der Waals surface area contributed by atoms with Gasteiger partial charge in [-0.05, 0) is 46.0 Å². The van der Waals surface area contributed by atoms with Gasteiger partial charge < -0.3 is 19.7 Å². The van der Waals surface area contributed by atoms with E-state index in [0.717, 1.165) is 5.56 Å². The Labute approximate surface area is 386 Å². The molecule has 0 fully saturated rings. The van der Waals surface area contributed by atoms with E-state index in [2.05, 4.69) is 108 Å². The predicted molar refractivity (Wildman–Crippen MR) is 242 cm³/mol. The van der Waals surface area contributed by atoms with E-state index in [0.29, 0.717) is 59.2 Å². The van der Waals surface area contributed by atoms with Crippen LogP contribution in [0.1, 0.15) is 93.0 Å². The van der Waals surface area contributed by atoms with Gasteiger partial charge in [0, 0.05) is 40.7 Å². The molecule has 2 N–H and O–H groups in total. The van der Waals surface area contributed by atoms with Gasteiger partial charge in [-0.1, -0.05) is 133 Å². The molecule has 2 aliphatic heterocycles. The zero-order valence-electron chi connectivity index (χ0n) is 28.9. The first-order valence-electron chi connectivity index (χ1n) is 15.6. The van der Waals surface area contributed by atoms with E-state index in [1.165, 1.54) is 19.1 Å². The van der Waals surface area contributed by atoms with Crippen molar-refractivity contribution in [3.63, 3.8) is 0 Å². The van der Waals surface area contributed by atoms with Gasteiger partial charge in [0.2, 0.25) is 10.3 Å². The maximum absolute atomic E-state index is 11.4. The standard InChI is InChI=1S/C10H8O2.C9H6Br2O2.C9H7BrO3.C9H8O3.CH3I.I3/c11-9-5-6-10(12)8-4-2-1-3-7(8)9;10-5-9(11)7-4-2-1-3-6(7)8(12)13-9;10-5-9(12)7-4-2-1-3-6(7)8(11)13-9;1-6(10)7-4-2-3-5-8(7)9(11)12;1-2;1-3-2/h1-4H,5-6H2;1-4H,5H2;1-4,12H,5H2;2-5H,1H3,(H,11,12);1H3;/q;;;;;-1. The molecule has 294 valence electrons. The number of fused-ring (bicyclic) bond motifs is 3. The molecule has 0 saturated heterocycles. The first kappa shape index (κ1) is 49.8. The molecule has 4 aromatic rings. The molecule has 0 aromatic heterocycles. The van der Waals surface area contributed by atoms with Crippen LogP contribution in [-0.2, 0) is 19.8 Å². The van der Waals surface area contributed by atoms with Crippen molar-refractivity contribution < 1.29 is 61.7 Å². The number of carbonyl (C=O) groups is 6. The topological polar surface area (TPSA) is 161 Å². The average Bonchev–Trinajstić information content (AvgIpc) is 3.63. The monoisotopic (exact) mass is 1390 g/mol. The summed E-state index contributed by atoms with van der Waals surface area (Å²) in [6.07, 6.45) is 0.742. The molecular formula is C38H32Br3I4O10-. The first-order chi connectivity index (χ1) is 26.2. The number of cyclic esters (lactones) is 2. The number of carbonyl (C=O) groups excluding carboxylic acids is 5. The summed E-state index contributed by atoms with van der Waals surface area (Å²) in [7, 11) is 0. The van der Waals surface area contributed by atoms with Crippen LogP contribution >= 0.6 is 108 Å². The van der Waals surface area contributed by atoms with E-state index in [-0.39, 0.29) is 39.8 Å². The van der Waals surface area contributed by atoms with Crippen LogP contribution < -0.4 is 13.3 Å². The van der Waals surface area contributed by atoms with Gasteiger partial charge >= 0.3 is 68.4 Å². The Bertz CT molecular complexity index is 1840. The molecule has 3 aliphatic rings. The summed E-state index contributed by atoms with van der Waals surface area (Å²) >= 11 is 17.3. The molecule has 17 heteroatoms. The quantitative estimate of drug-likeness (QED) is 0.0909. The van der Waals surface area contributed by atoms with E-state index >= 15 is 0 Å². The molecule has 2 heterocycles. The Morgan fingerprint density at radius 2 is 1.05 bits per heavy atom. The Morgan fingerprint density at radius 1 is 0.673 bits per heavy atom. The number of aromatic carboxylic acids is 1. The summed E-state index contributed by atoms with van der Waals surface area (Å²) in [5.41, 5.74) is 3.98. The van der Waals surface area contributed by atoms with E-state index in [1.807, 2.05) is 23.1 Å². The van der Waals surface area contributed by atoms with Crippen molar-refractivity contribution in [2.45, 2.75) is 30.1 Å². The van der Waals surface area contributed by atoms with Crippen LogP contribution in [0.15, 0.2) is 97.1 Å². The van der Waals surface area contributed by atoms with Crippen molar-refractivity contribution in [1.29, 1.82) is 0 Å². The number of rotatable bonds is 4. The van der Waals surface area contributed by atoms with Crippen LogP contribution in [0, 0.1) is 0 Å². The molecule has 2 unspecified atom stereocenters. The summed E-state index contributed by atoms with van der Waals surface area (Å²) in [4.78, 5) is 68.6. The number of Topliss-reactive ketones (excluding diaryl/α,β-unsaturated/α-hetero) is 3. The van der Waals surface area contributed by atoms with Gasteiger partial charge in [0.05, 0.1) is 27.4 Å². The Balaban J connectivity index is 0.000000244. The Morgan fingerprint density at radius 3 is 1.47 bits per heavy atom. The van der Waals surface area contributed by atoms with Crippen LogP contribution in [0.25, 0.3) is 0 Å². The van der Waals surface area contributed by atoms with E-state index in [4.69, 9.17) is 14.6 Å². The number of ether oxygens (including phenoxy) is 2. The summed E-state index contributed by atoms with van der Waals surface area (Å²) in [6.45, 7) is 1.35. The number of carboxylic acid groups (broad SMARTS) is 1. The van der Waals surface area contributed by atoms with E-state index in [9.17, 15) is 33.9 Å². The van der Waals surface area contributed by atoms with Crippen LogP contribution in [0.3, 0.4) is 0 Å². The average molecular weight is 1400 g/mol. The predicted octanol–water partition coefficient (Wildman–Crippen LogP) is 7.46. The SMILES string of the molecule is CC(=O)c1ccccc1C(=O)O.CI.I[I-]I.O=C1CCC(=O)c2ccccc21.O=C1OC(Br)(CBr)c2ccccc21.O=C1OC(O)(CBr)c2ccccc21. The van der Waals surface area contributed by atoms with Crippen molar-refractivity contribution in [2.75, 3.05) is 15.6 Å². The number of esters is 2. The van der Waals surface area contributed by atoms with E-state index < -0.39 is 22.2 Å². The molecule has 0 radical (unpaired) electrons. The van der Waals surface area contributed by atoms with Crippen LogP contribution in [0.4, 0.5) is 0 Å². The maximum Gasteiger partial charge on any atom is 0.341 e. The molecule has 4 aromatic carbocycles. The fraction of sp³-hybridized carbons (Fsp3) is 0.211. The molecule has 0 bridgehead atoms. The Hall–Kier alpha value is -1.38. The fourth-order valence-electron chi connectivity index (χ4n) is 5.15. The maximum atomic E-state index is 11.4. The molecular weight excluding hydrogens is 1360 g/mol. The van der Waals surface area contributed by atoms with Gasteiger partial charge in [0.1, 0.15) is 0 Å². The third kappa shape index (κ3) is 13.6. The number of benzene rings is 4. The summed E-state index contributed by atoms with van der Waals surface area (Å²) in [6, 6.07) is 27.3. The molecule has 0 amide bonds. The second kappa shape index (κ2) is 24.5. The van der Waals surface area contributed by atoms with Gasteiger partial charge in [0.15, 0.2) is 17.3 Å². The van der Waals surface area contributed by atoms with E-state index in [1.54, 1.807) is 66.7 Å². The number of halogens is 7. The van der Waals surface area contributed by atoms with Crippen LogP contribution in [0.5, 0.6) is 0 Å². The normalized spacial score (nSPS) is 18.1. The Kier molecular flexibility index (Phi) is 22.2. The fourth-order valence-corrected chi connectivity index (χ4v) is 6.48. The number of aliphatic hydroxyl groups is 1. The summed E-state index contributed by atoms with van der Waals surface area (Å²) in [5.74, 6) is -3.36. The first-order valence-corrected chi connectivity index (χ1v) is 33.4. The zero-order chi connectivity index (χ0) is 41.3. The smallest absolute Gasteiger partial charge is 0.341 e. The number of hydrogen-bond donors (Lipinski definition) is 2. The number of carboxylic acids is 1. The van der Waals surface area contributed by atoms with Crippen LogP contribution in [-0.4, -0.2) is 61.1 Å². The largest absolute Gasteiger partial charge is 0.438 e. The second-order valence-electron chi connectivity index (χ2n) is 11.0. The van der Waals surface area contributed by atoms with Gasteiger partial charge in [-0.25, -0.2) is 14.4 Å². The summed E-state index contributed by atoms with van der Waals surface area (Å²) in [5, 5.41) is 19.2. The van der Waals surface area contributed by atoms with Gasteiger partial charge in [0.25, 0.3) is 0 Å². The third-order valence-corrected chi connectivity index (χ3v) is 10.8. The van der Waals surface area contributed by atoms with Crippen molar-refractivity contribution in [1.82, 2.24) is 0 Å². The molecule has 1 aliphatic carbocycles. The number of hydrogen-bond acceptors (Lipinski definition) is 9. The van der Waals surface area contributed by atoms with Crippen LogP contribution in [0.2, 0.25) is 0 Å². The van der Waals surface area contributed by atoms with Gasteiger partial charge in [-0.15, -0.1) is 0 Å². The second-order valence-corrected chi connectivity index (χ2v) is 29.7. The number of alkyl halides is 4. The molecule has 0 spiro atoms. The minimum Gasteiger partial charge on any atom is -0.438 e. The molecule has 2 atom stereocenters. The molecule has 55 heavy (non-hydrogen) atoms. The van der Waals surface area contributed by atoms with Crippen molar-refractivity contribution in [3.8, 4) is 0 Å². The molecule has 0 saturated carbocycles. The molecule has 10 nitrogen and oxygen atoms in total. The minimum atomic E-state index is -1.49. The van der Waals surface area contributed by atoms with Gasteiger partial charge in [-0.2, -0.15) is 0 Å².